The molecule has 0 spiro atoms. The van der Waals surface area contributed by atoms with E-state index in [1.54, 1.807) is 0 Å². The predicted octanol–water partition coefficient (Wildman–Crippen LogP) is 7.05. The Morgan fingerprint density at radius 1 is 1.14 bits per heavy atom. The topological polar surface area (TPSA) is 26.3 Å². The molecule has 152 valence electrons. The zero-order chi connectivity index (χ0) is 21.5. The molecule has 0 aromatic carbocycles. The minimum Gasteiger partial charge on any atom is -0.461 e. The maximum Gasteiger partial charge on any atom is 0.302 e. The van der Waals surface area contributed by atoms with Gasteiger partial charge in [0.25, 0.3) is 0 Å². The van der Waals surface area contributed by atoms with Crippen molar-refractivity contribution in [2.45, 2.75) is 53.9 Å². The first-order valence-corrected chi connectivity index (χ1v) is 10.0. The van der Waals surface area contributed by atoms with Crippen LogP contribution in [-0.4, -0.2) is 12.6 Å². The number of carbonyl (C=O) groups excluding carboxylic acids is 1. The van der Waals surface area contributed by atoms with E-state index in [9.17, 15) is 4.79 Å². The summed E-state index contributed by atoms with van der Waals surface area (Å²) in [5.41, 5.74) is 5.70. The fourth-order valence-corrected chi connectivity index (χ4v) is 3.35. The van der Waals surface area contributed by atoms with Gasteiger partial charge in [0, 0.05) is 12.3 Å². The Bertz CT molecular complexity index is 757. The van der Waals surface area contributed by atoms with Crippen LogP contribution in [-0.2, 0) is 9.53 Å². The van der Waals surface area contributed by atoms with Crippen LogP contribution in [0, 0.1) is 11.3 Å². The van der Waals surface area contributed by atoms with Crippen LogP contribution in [0.3, 0.4) is 0 Å². The van der Waals surface area contributed by atoms with Crippen molar-refractivity contribution >= 4 is 5.97 Å². The molecule has 2 atom stereocenters. The number of ether oxygens (including phenoxy) is 1. The van der Waals surface area contributed by atoms with Crippen LogP contribution in [0.2, 0.25) is 0 Å². The largest absolute Gasteiger partial charge is 0.461 e. The molecule has 0 radical (unpaired) electrons. The summed E-state index contributed by atoms with van der Waals surface area (Å²) in [6.45, 7) is 27.1. The summed E-state index contributed by atoms with van der Waals surface area (Å²) in [6.07, 6.45) is 11.3. The summed E-state index contributed by atoms with van der Waals surface area (Å²) in [4.78, 5) is 11.2. The first kappa shape index (κ1) is 23.7. The first-order chi connectivity index (χ1) is 13.0. The molecule has 0 aromatic rings. The average Bonchev–Trinajstić information content (AvgIpc) is 3.01. The van der Waals surface area contributed by atoms with E-state index in [0.29, 0.717) is 5.92 Å². The lowest BCUT2D eigenvalue weighted by Crippen LogP contribution is -2.13. The van der Waals surface area contributed by atoms with Crippen LogP contribution in [0.4, 0.5) is 0 Å². The van der Waals surface area contributed by atoms with Crippen LogP contribution >= 0.6 is 0 Å². The molecular formula is C26H36O2. The van der Waals surface area contributed by atoms with Gasteiger partial charge in [-0.25, -0.2) is 0 Å². The van der Waals surface area contributed by atoms with Crippen molar-refractivity contribution in [2.75, 3.05) is 6.61 Å². The summed E-state index contributed by atoms with van der Waals surface area (Å²) in [5, 5.41) is 0. The third-order valence-electron chi connectivity index (χ3n) is 5.44. The lowest BCUT2D eigenvalue weighted by molar-refractivity contribution is -0.139. The number of hydrogen-bond donors (Lipinski definition) is 0. The highest BCUT2D eigenvalue weighted by atomic mass is 16.5. The quantitative estimate of drug-likeness (QED) is 0.230. The highest BCUT2D eigenvalue weighted by Crippen LogP contribution is 2.42. The van der Waals surface area contributed by atoms with Gasteiger partial charge in [-0.2, -0.15) is 0 Å². The van der Waals surface area contributed by atoms with E-state index in [0.717, 1.165) is 52.7 Å². The average molecular weight is 381 g/mol. The van der Waals surface area contributed by atoms with Gasteiger partial charge in [0.2, 0.25) is 0 Å². The second-order valence-corrected chi connectivity index (χ2v) is 7.92. The van der Waals surface area contributed by atoms with Crippen molar-refractivity contribution in [3.05, 3.63) is 84.1 Å². The second kappa shape index (κ2) is 10.3. The van der Waals surface area contributed by atoms with Gasteiger partial charge in [0.05, 0.1) is 0 Å². The van der Waals surface area contributed by atoms with Crippen LogP contribution in [0.25, 0.3) is 0 Å². The van der Waals surface area contributed by atoms with Crippen LogP contribution in [0.15, 0.2) is 84.1 Å². The number of esters is 1. The van der Waals surface area contributed by atoms with Crippen molar-refractivity contribution in [1.82, 2.24) is 0 Å². The fourth-order valence-electron chi connectivity index (χ4n) is 3.35. The van der Waals surface area contributed by atoms with Crippen molar-refractivity contribution in [2.24, 2.45) is 11.3 Å². The molecule has 1 unspecified atom stereocenters. The van der Waals surface area contributed by atoms with Gasteiger partial charge < -0.3 is 4.74 Å². The third-order valence-corrected chi connectivity index (χ3v) is 5.44. The highest BCUT2D eigenvalue weighted by molar-refractivity contribution is 5.66. The molecule has 28 heavy (non-hydrogen) atoms. The van der Waals surface area contributed by atoms with Crippen LogP contribution in [0.5, 0.6) is 0 Å². The summed E-state index contributed by atoms with van der Waals surface area (Å²) in [7, 11) is 0. The van der Waals surface area contributed by atoms with E-state index in [4.69, 9.17) is 4.74 Å². The number of hydrogen-bond acceptors (Lipinski definition) is 2. The van der Waals surface area contributed by atoms with E-state index in [-0.39, 0.29) is 18.0 Å². The molecule has 0 heterocycles. The molecule has 0 saturated carbocycles. The Balaban J connectivity index is 3.05. The standard InChI is InChI=1S/C26H36O2/c1-10-19(4)25(17-28-23(8)27)14-20(5)22(7)24(11-2)15-21(6)26(9)13-12-18(3)16-26/h12-15,18H,4-7,10-11,16-17H2,1-3,8-9H3/b24-15-,25-14-/t18?,26-/m0/s1. The SMILES string of the molecule is C=C(/C=C(/COC(C)=O)C(=C)CC)C(=C)/C(=C\C(=C)[C@@]1(C)C=CC(C)C1)CC. The first-order valence-electron chi connectivity index (χ1n) is 10.0. The van der Waals surface area contributed by atoms with Gasteiger partial charge in [-0.3, -0.25) is 4.79 Å². The summed E-state index contributed by atoms with van der Waals surface area (Å²) < 4.78 is 5.17. The van der Waals surface area contributed by atoms with Gasteiger partial charge in [-0.15, -0.1) is 0 Å². The van der Waals surface area contributed by atoms with Crippen molar-refractivity contribution < 1.29 is 9.53 Å². The molecule has 1 aliphatic carbocycles. The number of carbonyl (C=O) groups is 1. The summed E-state index contributed by atoms with van der Waals surface area (Å²) in [5.74, 6) is 0.266. The van der Waals surface area contributed by atoms with Crippen molar-refractivity contribution in [3.63, 3.8) is 0 Å². The molecule has 2 nitrogen and oxygen atoms in total. The molecular weight excluding hydrogens is 344 g/mol. The minimum atomic E-state index is -0.309. The monoisotopic (exact) mass is 380 g/mol. The molecule has 0 saturated heterocycles. The predicted molar refractivity (Wildman–Crippen MR) is 121 cm³/mol. The van der Waals surface area contributed by atoms with Crippen LogP contribution in [0.1, 0.15) is 53.9 Å². The van der Waals surface area contributed by atoms with E-state index < -0.39 is 0 Å². The van der Waals surface area contributed by atoms with E-state index >= 15 is 0 Å². The Labute approximate surface area is 171 Å². The lowest BCUT2D eigenvalue weighted by atomic mass is 9.79. The normalized spacial score (nSPS) is 22.1. The molecule has 1 rings (SSSR count). The van der Waals surface area contributed by atoms with Gasteiger partial charge in [0.1, 0.15) is 6.61 Å². The smallest absolute Gasteiger partial charge is 0.302 e. The maximum absolute atomic E-state index is 11.2. The Morgan fingerprint density at radius 3 is 2.25 bits per heavy atom. The fraction of sp³-hybridized carbons (Fsp3) is 0.423. The van der Waals surface area contributed by atoms with Crippen molar-refractivity contribution in [3.8, 4) is 0 Å². The van der Waals surface area contributed by atoms with E-state index in [1.807, 2.05) is 13.0 Å². The molecule has 1 aliphatic rings. The van der Waals surface area contributed by atoms with Crippen molar-refractivity contribution in [1.29, 1.82) is 0 Å². The van der Waals surface area contributed by atoms with Gasteiger partial charge in [-0.1, -0.05) is 72.2 Å². The molecule has 0 aromatic heterocycles. The third kappa shape index (κ3) is 6.37. The van der Waals surface area contributed by atoms with Gasteiger partial charge in [-0.05, 0) is 64.7 Å². The number of allylic oxidation sites excluding steroid dienone is 8. The second-order valence-electron chi connectivity index (χ2n) is 7.92. The van der Waals surface area contributed by atoms with Gasteiger partial charge in [0.15, 0.2) is 0 Å². The zero-order valence-corrected chi connectivity index (χ0v) is 18.4. The zero-order valence-electron chi connectivity index (χ0n) is 18.4. The Hall–Kier alpha value is -2.35. The molecule has 0 amide bonds. The van der Waals surface area contributed by atoms with E-state index in [2.05, 4.69) is 65.3 Å². The summed E-state index contributed by atoms with van der Waals surface area (Å²) in [6, 6.07) is 0. The highest BCUT2D eigenvalue weighted by Gasteiger charge is 2.30. The minimum absolute atomic E-state index is 0.00568. The Morgan fingerprint density at radius 2 is 1.79 bits per heavy atom. The van der Waals surface area contributed by atoms with Gasteiger partial charge >= 0.3 is 5.97 Å². The molecule has 0 fully saturated rings. The molecule has 0 N–H and O–H groups in total. The Kier molecular flexibility index (Phi) is 8.68. The summed E-state index contributed by atoms with van der Waals surface area (Å²) >= 11 is 0. The lowest BCUT2D eigenvalue weighted by Gasteiger charge is -2.25. The maximum atomic E-state index is 11.2. The molecule has 2 heteroatoms. The molecule has 0 aliphatic heterocycles. The number of rotatable bonds is 10. The molecule has 0 bridgehead atoms. The van der Waals surface area contributed by atoms with E-state index in [1.165, 1.54) is 6.92 Å². The van der Waals surface area contributed by atoms with Crippen LogP contribution < -0.4 is 0 Å².